The number of nitrogens with two attached hydrogens (primary N) is 1. The van der Waals surface area contributed by atoms with E-state index >= 15 is 0 Å². The van der Waals surface area contributed by atoms with Crippen LogP contribution in [0, 0.1) is 13.8 Å². The number of anilines is 1. The van der Waals surface area contributed by atoms with Gasteiger partial charge in [0.05, 0.1) is 17.1 Å². The number of fused-ring (bicyclic) bond motifs is 1. The minimum absolute atomic E-state index is 0.0783. The highest BCUT2D eigenvalue weighted by Gasteiger charge is 2.21. The van der Waals surface area contributed by atoms with Crippen LogP contribution in [0.2, 0.25) is 5.15 Å². The third kappa shape index (κ3) is 4.65. The number of benzene rings is 2. The van der Waals surface area contributed by atoms with Crippen LogP contribution in [0.15, 0.2) is 63.8 Å². The largest absolute Gasteiger partial charge is 0.455 e. The molecule has 0 fully saturated rings. The zero-order chi connectivity index (χ0) is 24.4. The van der Waals surface area contributed by atoms with E-state index in [1.807, 2.05) is 56.3 Å². The molecule has 0 bridgehead atoms. The van der Waals surface area contributed by atoms with Gasteiger partial charge in [0.2, 0.25) is 0 Å². The van der Waals surface area contributed by atoms with E-state index < -0.39 is 5.91 Å². The number of hydrogen-bond acceptors (Lipinski definition) is 7. The molecule has 2 aromatic heterocycles. The molecule has 2 heterocycles. The summed E-state index contributed by atoms with van der Waals surface area (Å²) in [7, 11) is 0. The first kappa shape index (κ1) is 23.8. The molecule has 4 N–H and O–H groups in total. The summed E-state index contributed by atoms with van der Waals surface area (Å²) >= 11 is 6.70. The number of amides is 1. The lowest BCUT2D eigenvalue weighted by molar-refractivity contribution is 0.0980. The molecule has 174 valence electrons. The van der Waals surface area contributed by atoms with Crippen LogP contribution in [-0.4, -0.2) is 10.9 Å². The molecule has 4 aromatic rings. The van der Waals surface area contributed by atoms with Crippen molar-refractivity contribution in [1.29, 1.82) is 0 Å². The Kier molecular flexibility index (Phi) is 6.92. The number of aromatic nitrogens is 1. The lowest BCUT2D eigenvalue weighted by Gasteiger charge is -2.20. The summed E-state index contributed by atoms with van der Waals surface area (Å²) in [5.74, 6) is 0.0518. The van der Waals surface area contributed by atoms with E-state index in [1.54, 1.807) is 19.1 Å². The number of aryl methyl sites for hydroxylation is 1. The molecular weight excluding hydrogens is 472 g/mol. The number of nitrogens with one attached hydrogen (secondary N) is 2. The Bertz CT molecular complexity index is 1440. The van der Waals surface area contributed by atoms with Crippen molar-refractivity contribution in [1.82, 2.24) is 9.71 Å². The van der Waals surface area contributed by atoms with Crippen molar-refractivity contribution in [2.24, 2.45) is 5.14 Å². The Morgan fingerprint density at radius 3 is 2.59 bits per heavy atom. The van der Waals surface area contributed by atoms with E-state index in [1.165, 1.54) is 0 Å². The molecule has 0 spiro atoms. The highest BCUT2D eigenvalue weighted by atomic mass is 35.5. The van der Waals surface area contributed by atoms with Crippen LogP contribution in [0.4, 0.5) is 5.69 Å². The van der Waals surface area contributed by atoms with E-state index in [0.717, 1.165) is 16.7 Å². The second kappa shape index (κ2) is 9.89. The minimum atomic E-state index is -0.479. The Labute approximate surface area is 206 Å². The average molecular weight is 495 g/mol. The summed E-state index contributed by atoms with van der Waals surface area (Å²) in [4.78, 5) is 29.9. The summed E-state index contributed by atoms with van der Waals surface area (Å²) in [5, 5.41) is 9.38. The lowest BCUT2D eigenvalue weighted by atomic mass is 9.98. The Balaban J connectivity index is 1.84. The molecule has 1 unspecified atom stereocenters. The van der Waals surface area contributed by atoms with E-state index in [2.05, 4.69) is 15.0 Å². The molecule has 1 atom stereocenters. The summed E-state index contributed by atoms with van der Waals surface area (Å²) < 4.78 is 8.82. The second-order valence-electron chi connectivity index (χ2n) is 7.93. The van der Waals surface area contributed by atoms with Crippen LogP contribution >= 0.6 is 23.7 Å². The molecular formula is C25H23ClN4O3S. The summed E-state index contributed by atoms with van der Waals surface area (Å²) in [6.45, 7) is 5.62. The number of carbonyl (C=O) groups excluding carboxylic acids is 1. The predicted octanol–water partition coefficient (Wildman–Crippen LogP) is 5.55. The van der Waals surface area contributed by atoms with Crippen molar-refractivity contribution >= 4 is 46.3 Å². The zero-order valence-electron chi connectivity index (χ0n) is 18.8. The molecule has 1 amide bonds. The molecule has 9 heteroatoms. The average Bonchev–Trinajstić information content (AvgIpc) is 2.83. The molecule has 4 rings (SSSR count). The topological polar surface area (TPSA) is 110 Å². The smallest absolute Gasteiger partial charge is 0.282 e. The van der Waals surface area contributed by atoms with Crippen molar-refractivity contribution in [2.75, 3.05) is 5.32 Å². The van der Waals surface area contributed by atoms with E-state index in [4.69, 9.17) is 21.2 Å². The molecule has 2 aromatic carbocycles. The van der Waals surface area contributed by atoms with Gasteiger partial charge < -0.3 is 9.73 Å². The fraction of sp³-hybridized carbons (Fsp3) is 0.160. The molecule has 7 nitrogen and oxygen atoms in total. The fourth-order valence-electron chi connectivity index (χ4n) is 3.89. The maximum absolute atomic E-state index is 13.3. The quantitative estimate of drug-likeness (QED) is 0.238. The Hall–Kier alpha value is -3.33. The maximum atomic E-state index is 13.3. The van der Waals surface area contributed by atoms with Gasteiger partial charge in [0.15, 0.2) is 11.1 Å². The number of carbonyl (C=O) groups is 1. The third-order valence-corrected chi connectivity index (χ3v) is 6.01. The van der Waals surface area contributed by atoms with Gasteiger partial charge in [-0.2, -0.15) is 0 Å². The molecule has 0 radical (unpaired) electrons. The lowest BCUT2D eigenvalue weighted by Crippen LogP contribution is -2.22. The second-order valence-corrected chi connectivity index (χ2v) is 8.75. The Morgan fingerprint density at radius 2 is 1.88 bits per heavy atom. The molecule has 34 heavy (non-hydrogen) atoms. The summed E-state index contributed by atoms with van der Waals surface area (Å²) in [5.41, 5.74) is 4.06. The van der Waals surface area contributed by atoms with Gasteiger partial charge in [-0.25, -0.2) is 4.98 Å². The van der Waals surface area contributed by atoms with Gasteiger partial charge in [-0.3, -0.25) is 19.5 Å². The molecule has 0 saturated heterocycles. The normalized spacial score (nSPS) is 11.9. The van der Waals surface area contributed by atoms with Crippen LogP contribution in [-0.2, 0) is 0 Å². The molecule has 0 saturated carbocycles. The number of nitrogens with zero attached hydrogens (tertiary/aromatic N) is 1. The minimum Gasteiger partial charge on any atom is -0.455 e. The van der Waals surface area contributed by atoms with Gasteiger partial charge in [0.25, 0.3) is 5.91 Å². The standard InChI is InChI=1S/C25H23ClN4O3S/c1-13-11-17(15(3)28-19-9-10-20(26)29-21(19)25(32)30-34-27)24-18(12-13)22(31)14(2)23(33-24)16-7-5-4-6-8-16/h4-12,15,28H,27H2,1-3H3,(H,30,32). The molecule has 0 aliphatic heterocycles. The van der Waals surface area contributed by atoms with E-state index in [-0.39, 0.29) is 22.3 Å². The fourth-order valence-corrected chi connectivity index (χ4v) is 4.24. The highest BCUT2D eigenvalue weighted by Crippen LogP contribution is 2.32. The van der Waals surface area contributed by atoms with Crippen molar-refractivity contribution < 1.29 is 9.21 Å². The zero-order valence-corrected chi connectivity index (χ0v) is 20.4. The first-order chi connectivity index (χ1) is 16.3. The van der Waals surface area contributed by atoms with Crippen LogP contribution in [0.1, 0.15) is 40.1 Å². The van der Waals surface area contributed by atoms with Gasteiger partial charge in [-0.15, -0.1) is 0 Å². The summed E-state index contributed by atoms with van der Waals surface area (Å²) in [6, 6.07) is 16.3. The number of hydrogen-bond donors (Lipinski definition) is 3. The SMILES string of the molecule is Cc1cc(C(C)Nc2ccc(Cl)nc2C(=O)NSN)c2oc(-c3ccccc3)c(C)c(=O)c2c1. The van der Waals surface area contributed by atoms with Gasteiger partial charge in [-0.1, -0.05) is 48.0 Å². The van der Waals surface area contributed by atoms with E-state index in [9.17, 15) is 9.59 Å². The van der Waals surface area contributed by atoms with Crippen LogP contribution in [0.25, 0.3) is 22.3 Å². The van der Waals surface area contributed by atoms with Crippen molar-refractivity contribution in [2.45, 2.75) is 26.8 Å². The number of rotatable bonds is 6. The van der Waals surface area contributed by atoms with Crippen LogP contribution in [0.3, 0.4) is 0 Å². The van der Waals surface area contributed by atoms with Crippen LogP contribution in [0.5, 0.6) is 0 Å². The summed E-state index contributed by atoms with van der Waals surface area (Å²) in [6.07, 6.45) is 0. The highest BCUT2D eigenvalue weighted by molar-refractivity contribution is 7.95. The van der Waals surface area contributed by atoms with Gasteiger partial charge in [0, 0.05) is 28.8 Å². The monoisotopic (exact) mass is 494 g/mol. The number of pyridine rings is 1. The third-order valence-electron chi connectivity index (χ3n) is 5.49. The first-order valence-corrected chi connectivity index (χ1v) is 11.8. The van der Waals surface area contributed by atoms with Crippen LogP contribution < -0.4 is 20.6 Å². The van der Waals surface area contributed by atoms with Gasteiger partial charge in [0.1, 0.15) is 16.5 Å². The maximum Gasteiger partial charge on any atom is 0.282 e. The van der Waals surface area contributed by atoms with E-state index in [0.29, 0.717) is 40.1 Å². The molecule has 0 aliphatic carbocycles. The van der Waals surface area contributed by atoms with Crippen molar-refractivity contribution in [3.05, 3.63) is 92.4 Å². The van der Waals surface area contributed by atoms with Crippen molar-refractivity contribution in [3.8, 4) is 11.3 Å². The van der Waals surface area contributed by atoms with Crippen molar-refractivity contribution in [3.63, 3.8) is 0 Å². The number of halogens is 1. The first-order valence-electron chi connectivity index (χ1n) is 10.5. The van der Waals surface area contributed by atoms with Gasteiger partial charge in [-0.05, 0) is 44.5 Å². The molecule has 0 aliphatic rings. The van der Waals surface area contributed by atoms with Gasteiger partial charge >= 0.3 is 0 Å². The predicted molar refractivity (Wildman–Crippen MR) is 138 cm³/mol. The Morgan fingerprint density at radius 1 is 1.15 bits per heavy atom.